The number of carboxylic acids is 1. The minimum absolute atomic E-state index is 0.139. The van der Waals surface area contributed by atoms with Crippen LogP contribution in [0.1, 0.15) is 105 Å². The first-order chi connectivity index (χ1) is 18.9. The second-order valence-electron chi connectivity index (χ2n) is 14.8. The van der Waals surface area contributed by atoms with E-state index in [1.54, 1.807) is 13.8 Å². The Kier molecular flexibility index (Phi) is 10.00. The Labute approximate surface area is 247 Å². The second-order valence-corrected chi connectivity index (χ2v) is 14.8. The SMILES string of the molecule is CC1(C)C=C(CCCC(C)(C)CO)C(O)C(c2ccccc2C2=CC(C)(C)C=C(CCCC(C)(C)C(=O)O)C2O)=C1. The molecule has 0 aromatic heterocycles. The van der Waals surface area contributed by atoms with Crippen molar-refractivity contribution in [2.24, 2.45) is 21.7 Å². The molecule has 0 aliphatic heterocycles. The van der Waals surface area contributed by atoms with Gasteiger partial charge in [-0.2, -0.15) is 0 Å². The first-order valence-corrected chi connectivity index (χ1v) is 15.1. The monoisotopic (exact) mass is 564 g/mol. The Balaban J connectivity index is 1.91. The predicted octanol–water partition coefficient (Wildman–Crippen LogP) is 7.58. The summed E-state index contributed by atoms with van der Waals surface area (Å²) >= 11 is 0. The minimum atomic E-state index is -0.809. The van der Waals surface area contributed by atoms with E-state index in [0.717, 1.165) is 52.7 Å². The van der Waals surface area contributed by atoms with E-state index in [-0.39, 0.29) is 22.9 Å². The highest BCUT2D eigenvalue weighted by atomic mass is 16.4. The number of carbonyl (C=O) groups is 1. The molecule has 3 rings (SSSR count). The third-order valence-corrected chi connectivity index (χ3v) is 8.60. The lowest BCUT2D eigenvalue weighted by Gasteiger charge is -2.34. The standard InChI is InChI=1S/C36H52O5/c1-33(2,23-37)17-11-13-24-19-34(3,4)21-28(30(24)38)26-15-9-10-16-27(26)29-22-35(5,6)20-25(31(29)39)14-12-18-36(7,8)32(40)41/h9-10,15-16,19-22,30-31,37-39H,11-14,17-18,23H2,1-8H3,(H,40,41). The molecular weight excluding hydrogens is 512 g/mol. The summed E-state index contributed by atoms with van der Waals surface area (Å²) in [5.41, 5.74) is 3.93. The van der Waals surface area contributed by atoms with Crippen molar-refractivity contribution in [3.8, 4) is 0 Å². The topological polar surface area (TPSA) is 98.0 Å². The number of benzene rings is 1. The number of hydrogen-bond donors (Lipinski definition) is 4. The molecule has 0 bridgehead atoms. The fourth-order valence-electron chi connectivity index (χ4n) is 6.10. The molecule has 0 amide bonds. The number of rotatable bonds is 12. The van der Waals surface area contributed by atoms with Crippen LogP contribution in [0.4, 0.5) is 0 Å². The molecule has 41 heavy (non-hydrogen) atoms. The van der Waals surface area contributed by atoms with Gasteiger partial charge in [0.05, 0.1) is 5.41 Å². The van der Waals surface area contributed by atoms with Crippen molar-refractivity contribution in [3.05, 3.63) is 70.8 Å². The molecule has 5 nitrogen and oxygen atoms in total. The number of carboxylic acid groups (broad SMARTS) is 1. The smallest absolute Gasteiger partial charge is 0.309 e. The zero-order valence-corrected chi connectivity index (χ0v) is 26.4. The summed E-state index contributed by atoms with van der Waals surface area (Å²) in [6.07, 6.45) is 11.3. The van der Waals surface area contributed by atoms with E-state index in [1.807, 2.05) is 24.3 Å². The molecule has 226 valence electrons. The van der Waals surface area contributed by atoms with Gasteiger partial charge in [0.2, 0.25) is 0 Å². The minimum Gasteiger partial charge on any atom is -0.481 e. The van der Waals surface area contributed by atoms with E-state index in [4.69, 9.17) is 0 Å². The largest absolute Gasteiger partial charge is 0.481 e. The molecule has 2 aliphatic rings. The van der Waals surface area contributed by atoms with Crippen molar-refractivity contribution in [1.82, 2.24) is 0 Å². The highest BCUT2D eigenvalue weighted by molar-refractivity contribution is 5.86. The number of aliphatic carboxylic acids is 1. The molecule has 0 fully saturated rings. The van der Waals surface area contributed by atoms with Crippen LogP contribution < -0.4 is 0 Å². The van der Waals surface area contributed by atoms with Gasteiger partial charge < -0.3 is 20.4 Å². The Morgan fingerprint density at radius 3 is 1.56 bits per heavy atom. The van der Waals surface area contributed by atoms with Crippen LogP contribution >= 0.6 is 0 Å². The van der Waals surface area contributed by atoms with Crippen molar-refractivity contribution in [2.75, 3.05) is 6.61 Å². The van der Waals surface area contributed by atoms with Gasteiger partial charge in [0.15, 0.2) is 0 Å². The highest BCUT2D eigenvalue weighted by Gasteiger charge is 2.34. The van der Waals surface area contributed by atoms with Gasteiger partial charge in [-0.05, 0) is 91.2 Å². The van der Waals surface area contributed by atoms with E-state index >= 15 is 0 Å². The molecule has 4 N–H and O–H groups in total. The third-order valence-electron chi connectivity index (χ3n) is 8.60. The molecular formula is C36H52O5. The van der Waals surface area contributed by atoms with Gasteiger partial charge in [-0.3, -0.25) is 4.79 Å². The maximum Gasteiger partial charge on any atom is 0.309 e. The lowest BCUT2D eigenvalue weighted by molar-refractivity contribution is -0.147. The molecule has 2 unspecified atom stereocenters. The van der Waals surface area contributed by atoms with E-state index < -0.39 is 23.6 Å². The predicted molar refractivity (Wildman–Crippen MR) is 168 cm³/mol. The van der Waals surface area contributed by atoms with E-state index in [2.05, 4.69) is 65.8 Å². The first-order valence-electron chi connectivity index (χ1n) is 15.1. The Bertz CT molecular complexity index is 1240. The fourth-order valence-corrected chi connectivity index (χ4v) is 6.10. The normalized spacial score (nSPS) is 22.4. The van der Waals surface area contributed by atoms with Crippen molar-refractivity contribution >= 4 is 17.1 Å². The maximum absolute atomic E-state index is 11.7. The van der Waals surface area contributed by atoms with Gasteiger partial charge in [0.1, 0.15) is 12.2 Å². The van der Waals surface area contributed by atoms with E-state index in [1.165, 1.54) is 0 Å². The summed E-state index contributed by atoms with van der Waals surface area (Å²) in [6.45, 7) is 16.3. The molecule has 0 heterocycles. The van der Waals surface area contributed by atoms with Crippen LogP contribution in [0.5, 0.6) is 0 Å². The zero-order chi connectivity index (χ0) is 30.8. The van der Waals surface area contributed by atoms with Crippen LogP contribution in [-0.2, 0) is 4.79 Å². The fraction of sp³-hybridized carbons (Fsp3) is 0.583. The Hall–Kier alpha value is -2.47. The van der Waals surface area contributed by atoms with Crippen molar-refractivity contribution in [3.63, 3.8) is 0 Å². The Morgan fingerprint density at radius 1 is 0.756 bits per heavy atom. The van der Waals surface area contributed by atoms with Crippen LogP contribution in [0.25, 0.3) is 11.1 Å². The molecule has 0 saturated heterocycles. The number of allylic oxidation sites excluding steroid dienone is 4. The molecule has 0 radical (unpaired) electrons. The Morgan fingerprint density at radius 2 is 1.17 bits per heavy atom. The van der Waals surface area contributed by atoms with Crippen LogP contribution in [0.3, 0.4) is 0 Å². The maximum atomic E-state index is 11.7. The highest BCUT2D eigenvalue weighted by Crippen LogP contribution is 2.44. The molecule has 2 aliphatic carbocycles. The molecule has 0 saturated carbocycles. The van der Waals surface area contributed by atoms with Crippen LogP contribution in [-0.4, -0.2) is 45.2 Å². The third kappa shape index (κ3) is 8.30. The summed E-state index contributed by atoms with van der Waals surface area (Å²) in [6, 6.07) is 8.01. The molecule has 0 spiro atoms. The average molecular weight is 565 g/mol. The van der Waals surface area contributed by atoms with E-state index in [9.17, 15) is 25.2 Å². The van der Waals surface area contributed by atoms with Gasteiger partial charge in [-0.15, -0.1) is 0 Å². The quantitative estimate of drug-likeness (QED) is 0.196. The van der Waals surface area contributed by atoms with Gasteiger partial charge in [0.25, 0.3) is 0 Å². The lowest BCUT2D eigenvalue weighted by Crippen LogP contribution is -2.26. The van der Waals surface area contributed by atoms with Crippen LogP contribution in [0.2, 0.25) is 0 Å². The average Bonchev–Trinajstić information content (AvgIpc) is 2.87. The molecule has 2 atom stereocenters. The van der Waals surface area contributed by atoms with Crippen LogP contribution in [0.15, 0.2) is 59.7 Å². The summed E-state index contributed by atoms with van der Waals surface area (Å²) in [5.74, 6) is -0.807. The first kappa shape index (κ1) is 33.0. The summed E-state index contributed by atoms with van der Waals surface area (Å²) in [4.78, 5) is 11.6. The second kappa shape index (κ2) is 12.4. The molecule has 1 aromatic carbocycles. The van der Waals surface area contributed by atoms with E-state index in [0.29, 0.717) is 19.3 Å². The van der Waals surface area contributed by atoms with Crippen molar-refractivity contribution in [1.29, 1.82) is 0 Å². The molecule has 1 aromatic rings. The summed E-state index contributed by atoms with van der Waals surface area (Å²) in [5, 5.41) is 42.5. The number of hydrogen-bond acceptors (Lipinski definition) is 4. The summed E-state index contributed by atoms with van der Waals surface area (Å²) in [7, 11) is 0. The van der Waals surface area contributed by atoms with Crippen molar-refractivity contribution < 1.29 is 25.2 Å². The zero-order valence-electron chi connectivity index (χ0n) is 26.4. The van der Waals surface area contributed by atoms with Gasteiger partial charge in [0, 0.05) is 17.4 Å². The number of aliphatic hydroxyl groups is 3. The van der Waals surface area contributed by atoms with Gasteiger partial charge >= 0.3 is 5.97 Å². The molecule has 5 heteroatoms. The number of aliphatic hydroxyl groups excluding tert-OH is 3. The lowest BCUT2D eigenvalue weighted by atomic mass is 9.72. The summed E-state index contributed by atoms with van der Waals surface area (Å²) < 4.78 is 0. The van der Waals surface area contributed by atoms with Crippen molar-refractivity contribution in [2.45, 2.75) is 106 Å². The van der Waals surface area contributed by atoms with Gasteiger partial charge in [-0.25, -0.2) is 0 Å². The van der Waals surface area contributed by atoms with Gasteiger partial charge in [-0.1, -0.05) is 90.1 Å². The van der Waals surface area contributed by atoms with Crippen LogP contribution in [0, 0.1) is 21.7 Å².